The fourth-order valence-electron chi connectivity index (χ4n) is 2.15. The van der Waals surface area contributed by atoms with Crippen molar-refractivity contribution in [1.29, 1.82) is 0 Å². The quantitative estimate of drug-likeness (QED) is 0.365. The lowest BCUT2D eigenvalue weighted by Crippen LogP contribution is -2.14. The van der Waals surface area contributed by atoms with Gasteiger partial charge in [-0.25, -0.2) is 0 Å². The van der Waals surface area contributed by atoms with Gasteiger partial charge in [0, 0.05) is 17.8 Å². The third-order valence-electron chi connectivity index (χ3n) is 3.30. The van der Waals surface area contributed by atoms with Gasteiger partial charge in [-0.3, -0.25) is 10.1 Å². The van der Waals surface area contributed by atoms with E-state index in [9.17, 15) is 10.1 Å². The highest BCUT2D eigenvalue weighted by molar-refractivity contribution is 9.10. The Kier molecular flexibility index (Phi) is 7.59. The van der Waals surface area contributed by atoms with Crippen LogP contribution in [-0.4, -0.2) is 11.0 Å². The molecule has 1 rings (SSSR count). The number of nitro benzene ring substituents is 1. The zero-order chi connectivity index (χ0) is 15.0. The first-order valence-corrected chi connectivity index (χ1v) is 8.04. The lowest BCUT2D eigenvalue weighted by molar-refractivity contribution is -0.385. The lowest BCUT2D eigenvalue weighted by Gasteiger charge is -2.15. The van der Waals surface area contributed by atoms with Crippen LogP contribution in [0.1, 0.15) is 52.4 Å². The molecule has 0 radical (unpaired) electrons. The van der Waals surface area contributed by atoms with Gasteiger partial charge in [-0.15, -0.1) is 0 Å². The summed E-state index contributed by atoms with van der Waals surface area (Å²) in [6.45, 7) is 4.33. The molecule has 20 heavy (non-hydrogen) atoms. The van der Waals surface area contributed by atoms with Crippen LogP contribution in [0.25, 0.3) is 0 Å². The predicted molar refractivity (Wildman–Crippen MR) is 87.3 cm³/mol. The Bertz CT molecular complexity index is 438. The molecule has 0 aromatic heterocycles. The molecular formula is C15H23BrN2O2. The zero-order valence-electron chi connectivity index (χ0n) is 12.2. The smallest absolute Gasteiger partial charge is 0.285 e. The van der Waals surface area contributed by atoms with Crippen molar-refractivity contribution in [3.8, 4) is 0 Å². The Morgan fingerprint density at radius 3 is 2.65 bits per heavy atom. The Balaban J connectivity index is 2.43. The van der Waals surface area contributed by atoms with Crippen LogP contribution in [0.3, 0.4) is 0 Å². The number of hydrogen-bond acceptors (Lipinski definition) is 3. The van der Waals surface area contributed by atoms with E-state index in [4.69, 9.17) is 0 Å². The van der Waals surface area contributed by atoms with Gasteiger partial charge in [0.1, 0.15) is 0 Å². The van der Waals surface area contributed by atoms with E-state index in [0.29, 0.717) is 10.5 Å². The van der Waals surface area contributed by atoms with Gasteiger partial charge in [-0.2, -0.15) is 0 Å². The highest BCUT2D eigenvalue weighted by Gasteiger charge is 2.13. The molecule has 0 amide bonds. The maximum atomic E-state index is 10.9. The number of rotatable bonds is 9. The van der Waals surface area contributed by atoms with E-state index < -0.39 is 0 Å². The molecule has 0 heterocycles. The molecule has 0 aliphatic heterocycles. The van der Waals surface area contributed by atoms with E-state index in [1.165, 1.54) is 32.1 Å². The van der Waals surface area contributed by atoms with Crippen molar-refractivity contribution in [3.05, 3.63) is 32.8 Å². The second-order valence-electron chi connectivity index (χ2n) is 5.17. The van der Waals surface area contributed by atoms with Gasteiger partial charge in [0.25, 0.3) is 5.69 Å². The van der Waals surface area contributed by atoms with Crippen LogP contribution in [-0.2, 0) is 0 Å². The molecule has 1 aromatic carbocycles. The summed E-state index contributed by atoms with van der Waals surface area (Å²) in [5.41, 5.74) is 0.908. The molecule has 0 fully saturated rings. The second-order valence-corrected chi connectivity index (χ2v) is 6.03. The highest BCUT2D eigenvalue weighted by atomic mass is 79.9. The van der Waals surface area contributed by atoms with Gasteiger partial charge in [0.2, 0.25) is 0 Å². The van der Waals surface area contributed by atoms with Crippen molar-refractivity contribution >= 4 is 27.3 Å². The molecular weight excluding hydrogens is 320 g/mol. The Hall–Kier alpha value is -1.10. The molecule has 0 bridgehead atoms. The van der Waals surface area contributed by atoms with Crippen LogP contribution in [0.5, 0.6) is 0 Å². The fourth-order valence-corrected chi connectivity index (χ4v) is 2.54. The first-order chi connectivity index (χ1) is 9.54. The van der Waals surface area contributed by atoms with Crippen molar-refractivity contribution < 1.29 is 4.92 Å². The van der Waals surface area contributed by atoms with Crippen LogP contribution in [0.4, 0.5) is 11.4 Å². The van der Waals surface area contributed by atoms with Crippen LogP contribution < -0.4 is 5.32 Å². The SMILES string of the molecule is CCCCCCCC(C)Nc1ccc(Br)c([N+](=O)[O-])c1. The lowest BCUT2D eigenvalue weighted by atomic mass is 10.1. The number of benzene rings is 1. The first-order valence-electron chi connectivity index (χ1n) is 7.25. The summed E-state index contributed by atoms with van der Waals surface area (Å²) >= 11 is 3.19. The van der Waals surface area contributed by atoms with Crippen LogP contribution in [0.15, 0.2) is 22.7 Å². The average Bonchev–Trinajstić information content (AvgIpc) is 2.40. The normalized spacial score (nSPS) is 12.2. The molecule has 0 aliphatic rings. The molecule has 0 saturated carbocycles. The number of nitro groups is 1. The standard InChI is InChI=1S/C15H23BrN2O2/c1-3-4-5-6-7-8-12(2)17-13-9-10-14(16)15(11-13)18(19)20/h9-12,17H,3-8H2,1-2H3. The van der Waals surface area contributed by atoms with Crippen LogP contribution >= 0.6 is 15.9 Å². The van der Waals surface area contributed by atoms with Crippen LogP contribution in [0.2, 0.25) is 0 Å². The maximum Gasteiger partial charge on any atom is 0.285 e. The van der Waals surface area contributed by atoms with E-state index in [0.717, 1.165) is 12.1 Å². The topological polar surface area (TPSA) is 55.2 Å². The fraction of sp³-hybridized carbons (Fsp3) is 0.600. The summed E-state index contributed by atoms with van der Waals surface area (Å²) < 4.78 is 0.514. The number of hydrogen-bond donors (Lipinski definition) is 1. The Labute approximate surface area is 129 Å². The van der Waals surface area contributed by atoms with Crippen molar-refractivity contribution in [2.24, 2.45) is 0 Å². The summed E-state index contributed by atoms with van der Waals surface area (Å²) in [5, 5.41) is 14.2. The zero-order valence-corrected chi connectivity index (χ0v) is 13.8. The van der Waals surface area contributed by atoms with Crippen molar-refractivity contribution in [3.63, 3.8) is 0 Å². The molecule has 1 aromatic rings. The number of nitrogens with zero attached hydrogens (tertiary/aromatic N) is 1. The van der Waals surface area contributed by atoms with Crippen LogP contribution in [0, 0.1) is 10.1 Å². The van der Waals surface area contributed by atoms with Gasteiger partial charge < -0.3 is 5.32 Å². The summed E-state index contributed by atoms with van der Waals surface area (Å²) in [7, 11) is 0. The van der Waals surface area contributed by atoms with E-state index in [1.807, 2.05) is 6.07 Å². The van der Waals surface area contributed by atoms with Gasteiger partial charge >= 0.3 is 0 Å². The monoisotopic (exact) mass is 342 g/mol. The summed E-state index contributed by atoms with van der Waals surface area (Å²) in [5.74, 6) is 0. The maximum absolute atomic E-state index is 10.9. The minimum Gasteiger partial charge on any atom is -0.382 e. The van der Waals surface area contributed by atoms with Gasteiger partial charge in [-0.05, 0) is 41.4 Å². The van der Waals surface area contributed by atoms with Gasteiger partial charge in [-0.1, -0.05) is 39.0 Å². The van der Waals surface area contributed by atoms with Crippen molar-refractivity contribution in [2.75, 3.05) is 5.32 Å². The molecule has 0 saturated heterocycles. The van der Waals surface area contributed by atoms with Crippen molar-refractivity contribution in [1.82, 2.24) is 0 Å². The molecule has 1 unspecified atom stereocenters. The third kappa shape index (κ3) is 5.90. The van der Waals surface area contributed by atoms with Gasteiger partial charge in [0.15, 0.2) is 0 Å². The largest absolute Gasteiger partial charge is 0.382 e. The number of nitrogens with one attached hydrogen (secondary N) is 1. The average molecular weight is 343 g/mol. The van der Waals surface area contributed by atoms with E-state index >= 15 is 0 Å². The second kappa shape index (κ2) is 8.95. The van der Waals surface area contributed by atoms with E-state index in [1.54, 1.807) is 12.1 Å². The summed E-state index contributed by atoms with van der Waals surface area (Å²) in [4.78, 5) is 10.5. The van der Waals surface area contributed by atoms with Gasteiger partial charge in [0.05, 0.1) is 9.40 Å². The van der Waals surface area contributed by atoms with E-state index in [-0.39, 0.29) is 10.6 Å². The van der Waals surface area contributed by atoms with Crippen molar-refractivity contribution in [2.45, 2.75) is 58.4 Å². The molecule has 4 nitrogen and oxygen atoms in total. The molecule has 112 valence electrons. The summed E-state index contributed by atoms with van der Waals surface area (Å²) in [6, 6.07) is 5.49. The Morgan fingerprint density at radius 2 is 2.00 bits per heavy atom. The molecule has 1 N–H and O–H groups in total. The minimum absolute atomic E-state index is 0.102. The molecule has 0 spiro atoms. The molecule has 0 aliphatic carbocycles. The minimum atomic E-state index is -0.370. The number of anilines is 1. The predicted octanol–water partition coefficient (Wildman–Crippen LogP) is 5.52. The third-order valence-corrected chi connectivity index (χ3v) is 3.97. The first kappa shape index (κ1) is 17.0. The highest BCUT2D eigenvalue weighted by Crippen LogP contribution is 2.28. The molecule has 1 atom stereocenters. The van der Waals surface area contributed by atoms with E-state index in [2.05, 4.69) is 35.1 Å². The molecule has 5 heteroatoms. The Morgan fingerprint density at radius 1 is 1.30 bits per heavy atom. The number of unbranched alkanes of at least 4 members (excludes halogenated alkanes) is 4. The summed E-state index contributed by atoms with van der Waals surface area (Å²) in [6.07, 6.45) is 7.42. The number of halogens is 1.